The van der Waals surface area contributed by atoms with Gasteiger partial charge in [0.2, 0.25) is 0 Å². The summed E-state index contributed by atoms with van der Waals surface area (Å²) in [4.78, 5) is 25.7. The summed E-state index contributed by atoms with van der Waals surface area (Å²) in [5, 5.41) is 11.3. The van der Waals surface area contributed by atoms with Crippen LogP contribution in [-0.4, -0.2) is 23.8 Å². The minimum absolute atomic E-state index is 0.139. The van der Waals surface area contributed by atoms with Crippen LogP contribution in [0.4, 0.5) is 11.4 Å². The number of nitro benzene ring substituents is 1. The quantitative estimate of drug-likeness (QED) is 0.489. The predicted molar refractivity (Wildman–Crippen MR) is 89.0 cm³/mol. The summed E-state index contributed by atoms with van der Waals surface area (Å²) in [6, 6.07) is 13.5. The molecule has 2 aromatic carbocycles. The maximum Gasteiger partial charge on any atom is 0.280 e. The van der Waals surface area contributed by atoms with Gasteiger partial charge in [-0.2, -0.15) is 0 Å². The molecule has 2 aromatic rings. The molecule has 0 atom stereocenters. The van der Waals surface area contributed by atoms with E-state index < -0.39 is 4.92 Å². The third-order valence-electron chi connectivity index (χ3n) is 4.18. The third kappa shape index (κ3) is 3.23. The van der Waals surface area contributed by atoms with Crippen LogP contribution >= 0.6 is 0 Å². The van der Waals surface area contributed by atoms with Gasteiger partial charge in [-0.15, -0.1) is 0 Å². The van der Waals surface area contributed by atoms with Gasteiger partial charge in [-0.25, -0.2) is 0 Å². The Morgan fingerprint density at radius 2 is 1.70 bits per heavy atom. The first-order valence-corrected chi connectivity index (χ1v) is 7.80. The molecule has 0 bridgehead atoms. The molecule has 0 spiro atoms. The first-order chi connectivity index (χ1) is 11.2. The molecule has 1 aliphatic rings. The molecule has 118 valence electrons. The predicted octanol–water partition coefficient (Wildman–Crippen LogP) is 3.82. The number of hydrogen-bond acceptors (Lipinski definition) is 4. The summed E-state index contributed by atoms with van der Waals surface area (Å²) in [6.07, 6.45) is 3.43. The minimum atomic E-state index is -0.490. The zero-order valence-corrected chi connectivity index (χ0v) is 12.8. The molecule has 0 N–H and O–H groups in total. The average molecular weight is 310 g/mol. The lowest BCUT2D eigenvalue weighted by Gasteiger charge is -2.29. The van der Waals surface area contributed by atoms with E-state index >= 15 is 0 Å². The van der Waals surface area contributed by atoms with Crippen LogP contribution in [0, 0.1) is 10.1 Å². The van der Waals surface area contributed by atoms with E-state index in [0.717, 1.165) is 31.6 Å². The molecule has 1 saturated heterocycles. The van der Waals surface area contributed by atoms with Crippen molar-refractivity contribution in [2.24, 2.45) is 0 Å². The fourth-order valence-corrected chi connectivity index (χ4v) is 2.96. The van der Waals surface area contributed by atoms with Crippen LogP contribution in [-0.2, 0) is 0 Å². The van der Waals surface area contributed by atoms with Crippen molar-refractivity contribution >= 4 is 17.2 Å². The molecule has 0 unspecified atom stereocenters. The molecular weight excluding hydrogens is 292 g/mol. The second kappa shape index (κ2) is 6.60. The fourth-order valence-electron chi connectivity index (χ4n) is 2.96. The van der Waals surface area contributed by atoms with Crippen LogP contribution in [0.3, 0.4) is 0 Å². The van der Waals surface area contributed by atoms with Gasteiger partial charge in [-0.05, 0) is 31.4 Å². The van der Waals surface area contributed by atoms with E-state index in [2.05, 4.69) is 4.90 Å². The van der Waals surface area contributed by atoms with Gasteiger partial charge in [-0.3, -0.25) is 14.9 Å². The lowest BCUT2D eigenvalue weighted by molar-refractivity contribution is -0.385. The van der Waals surface area contributed by atoms with Crippen LogP contribution in [0.15, 0.2) is 48.5 Å². The second-order valence-corrected chi connectivity index (χ2v) is 5.70. The Balaban J connectivity index is 2.01. The van der Waals surface area contributed by atoms with E-state index in [-0.39, 0.29) is 17.0 Å². The highest BCUT2D eigenvalue weighted by atomic mass is 16.6. The normalized spacial score (nSPS) is 14.5. The molecule has 3 rings (SSSR count). The van der Waals surface area contributed by atoms with Crippen LogP contribution < -0.4 is 4.90 Å². The Morgan fingerprint density at radius 1 is 1.00 bits per heavy atom. The summed E-state index contributed by atoms with van der Waals surface area (Å²) in [5.41, 5.74) is 1.37. The van der Waals surface area contributed by atoms with Crippen molar-refractivity contribution in [1.29, 1.82) is 0 Å². The number of carbonyl (C=O) groups is 1. The van der Waals surface area contributed by atoms with Crippen molar-refractivity contribution in [3.8, 4) is 0 Å². The smallest absolute Gasteiger partial charge is 0.280 e. The largest absolute Gasteiger partial charge is 0.372 e. The second-order valence-electron chi connectivity index (χ2n) is 5.70. The Hall–Kier alpha value is -2.69. The molecule has 1 heterocycles. The van der Waals surface area contributed by atoms with Gasteiger partial charge in [0.15, 0.2) is 5.78 Å². The van der Waals surface area contributed by atoms with E-state index in [1.54, 1.807) is 36.4 Å². The molecule has 5 heteroatoms. The zero-order valence-electron chi connectivity index (χ0n) is 12.8. The number of nitro groups is 1. The summed E-state index contributed by atoms with van der Waals surface area (Å²) < 4.78 is 0. The summed E-state index contributed by atoms with van der Waals surface area (Å²) in [5.74, 6) is -0.309. The van der Waals surface area contributed by atoms with E-state index in [1.165, 1.54) is 12.5 Å². The molecule has 0 aromatic heterocycles. The molecule has 0 saturated carbocycles. The summed E-state index contributed by atoms with van der Waals surface area (Å²) >= 11 is 0. The first-order valence-electron chi connectivity index (χ1n) is 7.80. The highest BCUT2D eigenvalue weighted by Crippen LogP contribution is 2.28. The molecular formula is C18H18N2O3. The van der Waals surface area contributed by atoms with Gasteiger partial charge in [0.05, 0.1) is 4.92 Å². The number of anilines is 1. The number of carbonyl (C=O) groups excluding carboxylic acids is 1. The van der Waals surface area contributed by atoms with Gasteiger partial charge in [-0.1, -0.05) is 30.3 Å². The average Bonchev–Trinajstić information content (AvgIpc) is 2.62. The van der Waals surface area contributed by atoms with Crippen LogP contribution in [0.25, 0.3) is 0 Å². The maximum absolute atomic E-state index is 12.7. The number of piperidine rings is 1. The lowest BCUT2D eigenvalue weighted by Crippen LogP contribution is -2.29. The monoisotopic (exact) mass is 310 g/mol. The van der Waals surface area contributed by atoms with Crippen LogP contribution in [0.2, 0.25) is 0 Å². The number of ketones is 1. The van der Waals surface area contributed by atoms with Gasteiger partial charge in [0, 0.05) is 30.4 Å². The lowest BCUT2D eigenvalue weighted by atomic mass is 10.00. The van der Waals surface area contributed by atoms with Gasteiger partial charge in [0.25, 0.3) is 5.69 Å². The van der Waals surface area contributed by atoms with E-state index in [1.807, 2.05) is 6.07 Å². The molecule has 0 aliphatic carbocycles. The highest BCUT2D eigenvalue weighted by Gasteiger charge is 2.23. The molecule has 23 heavy (non-hydrogen) atoms. The third-order valence-corrected chi connectivity index (χ3v) is 4.18. The molecule has 5 nitrogen and oxygen atoms in total. The van der Waals surface area contributed by atoms with Crippen molar-refractivity contribution in [3.63, 3.8) is 0 Å². The summed E-state index contributed by atoms with van der Waals surface area (Å²) in [6.45, 7) is 1.85. The Kier molecular flexibility index (Phi) is 4.37. The van der Waals surface area contributed by atoms with Gasteiger partial charge in [0.1, 0.15) is 5.56 Å². The minimum Gasteiger partial charge on any atom is -0.372 e. The van der Waals surface area contributed by atoms with Gasteiger partial charge < -0.3 is 4.90 Å². The van der Waals surface area contributed by atoms with Crippen molar-refractivity contribution in [2.75, 3.05) is 18.0 Å². The molecule has 0 radical (unpaired) electrons. The van der Waals surface area contributed by atoms with Crippen molar-refractivity contribution in [3.05, 3.63) is 69.8 Å². The fraction of sp³-hybridized carbons (Fsp3) is 0.278. The standard InChI is InChI=1S/C18H18N2O3/c21-18(14-7-3-1-4-8-14)16-13-15(9-10-17(16)20(22)23)19-11-5-2-6-12-19/h1,3-4,7-10,13H,2,5-6,11-12H2. The van der Waals surface area contributed by atoms with E-state index in [4.69, 9.17) is 0 Å². The van der Waals surface area contributed by atoms with Crippen LogP contribution in [0.5, 0.6) is 0 Å². The van der Waals surface area contributed by atoms with E-state index in [9.17, 15) is 14.9 Å². The number of benzene rings is 2. The molecule has 1 aliphatic heterocycles. The van der Waals surface area contributed by atoms with Gasteiger partial charge >= 0.3 is 0 Å². The van der Waals surface area contributed by atoms with E-state index in [0.29, 0.717) is 5.56 Å². The Bertz CT molecular complexity index is 722. The highest BCUT2D eigenvalue weighted by molar-refractivity contribution is 6.12. The number of rotatable bonds is 4. The van der Waals surface area contributed by atoms with Crippen molar-refractivity contribution < 1.29 is 9.72 Å². The first kappa shape index (κ1) is 15.2. The van der Waals surface area contributed by atoms with Crippen LogP contribution in [0.1, 0.15) is 35.2 Å². The van der Waals surface area contributed by atoms with Crippen molar-refractivity contribution in [2.45, 2.75) is 19.3 Å². The summed E-state index contributed by atoms with van der Waals surface area (Å²) in [7, 11) is 0. The molecule has 0 amide bonds. The Morgan fingerprint density at radius 3 is 2.35 bits per heavy atom. The van der Waals surface area contributed by atoms with Crippen molar-refractivity contribution in [1.82, 2.24) is 0 Å². The zero-order chi connectivity index (χ0) is 16.2. The Labute approximate surface area is 134 Å². The number of hydrogen-bond donors (Lipinski definition) is 0. The maximum atomic E-state index is 12.7. The topological polar surface area (TPSA) is 63.5 Å². The molecule has 1 fully saturated rings. The SMILES string of the molecule is O=C(c1ccccc1)c1cc(N2CCCCC2)ccc1[N+](=O)[O-]. The number of nitrogens with zero attached hydrogens (tertiary/aromatic N) is 2.